The van der Waals surface area contributed by atoms with Crippen LogP contribution in [-0.2, 0) is 23.9 Å². The van der Waals surface area contributed by atoms with Gasteiger partial charge in [0.05, 0.1) is 24.5 Å². The van der Waals surface area contributed by atoms with E-state index in [2.05, 4.69) is 13.2 Å². The number of hydrogen-bond donors (Lipinski definition) is 1. The molecule has 206 valence electrons. The molecule has 0 radical (unpaired) electrons. The minimum absolute atomic E-state index is 0.0754. The first kappa shape index (κ1) is 28.0. The average Bonchev–Trinajstić information content (AvgIpc) is 3.54. The summed E-state index contributed by atoms with van der Waals surface area (Å²) in [7, 11) is 0. The number of carbonyl (C=O) groups excluding carboxylic acids is 3. The van der Waals surface area contributed by atoms with Crippen LogP contribution in [0.3, 0.4) is 0 Å². The van der Waals surface area contributed by atoms with Gasteiger partial charge in [-0.3, -0.25) is 14.4 Å². The van der Waals surface area contributed by atoms with Gasteiger partial charge in [-0.15, -0.1) is 13.2 Å². The zero-order valence-corrected chi connectivity index (χ0v) is 22.6. The quantitative estimate of drug-likeness (QED) is 0.241. The molecule has 0 saturated carbocycles. The van der Waals surface area contributed by atoms with Gasteiger partial charge in [0.25, 0.3) is 5.91 Å². The molecule has 1 aromatic rings. The fourth-order valence-corrected chi connectivity index (χ4v) is 6.44. The number of ether oxygens (including phenoxy) is 2. The highest BCUT2D eigenvalue weighted by atomic mass is 16.6. The fraction of sp³-hybridized carbons (Fsp3) is 0.567. The van der Waals surface area contributed by atoms with E-state index in [9.17, 15) is 19.5 Å². The summed E-state index contributed by atoms with van der Waals surface area (Å²) in [5.74, 6) is -2.37. The summed E-state index contributed by atoms with van der Waals surface area (Å²) in [5, 5.41) is 9.23. The van der Waals surface area contributed by atoms with Crippen molar-refractivity contribution in [1.82, 2.24) is 4.90 Å². The van der Waals surface area contributed by atoms with Crippen molar-refractivity contribution in [2.24, 2.45) is 11.8 Å². The maximum Gasteiger partial charge on any atom is 0.312 e. The number of unbranched alkanes of at least 4 members (excludes halogenated alkanes) is 2. The normalized spacial score (nSPS) is 27.3. The van der Waals surface area contributed by atoms with Crippen molar-refractivity contribution >= 4 is 23.5 Å². The maximum atomic E-state index is 14.5. The Hall–Kier alpha value is -2.97. The lowest BCUT2D eigenvalue weighted by atomic mass is 9.70. The number of nitrogens with zero attached hydrogens (tertiary/aromatic N) is 2. The van der Waals surface area contributed by atoms with E-state index in [-0.39, 0.29) is 31.6 Å². The third kappa shape index (κ3) is 4.92. The van der Waals surface area contributed by atoms with Crippen molar-refractivity contribution in [1.29, 1.82) is 0 Å². The summed E-state index contributed by atoms with van der Waals surface area (Å²) in [6.45, 7) is 12.4. The number of aliphatic hydroxyl groups is 1. The van der Waals surface area contributed by atoms with Crippen molar-refractivity contribution in [2.45, 2.75) is 70.1 Å². The van der Waals surface area contributed by atoms with Gasteiger partial charge in [0, 0.05) is 25.4 Å². The van der Waals surface area contributed by atoms with Crippen LogP contribution in [0.2, 0.25) is 0 Å². The Bertz CT molecular complexity index is 1090. The molecule has 2 unspecified atom stereocenters. The molecule has 4 rings (SSSR count). The van der Waals surface area contributed by atoms with Crippen molar-refractivity contribution in [2.75, 3.05) is 31.2 Å². The number of anilines is 1. The lowest BCUT2D eigenvalue weighted by molar-refractivity contribution is -0.155. The smallest absolute Gasteiger partial charge is 0.312 e. The van der Waals surface area contributed by atoms with Gasteiger partial charge in [-0.2, -0.15) is 0 Å². The number of fused-ring (bicyclic) bond motifs is 1. The third-order valence-electron chi connectivity index (χ3n) is 8.16. The van der Waals surface area contributed by atoms with E-state index in [1.54, 1.807) is 22.0 Å². The van der Waals surface area contributed by atoms with E-state index in [0.29, 0.717) is 38.6 Å². The highest BCUT2D eigenvalue weighted by Crippen LogP contribution is 2.59. The first-order valence-electron chi connectivity index (χ1n) is 13.7. The average molecular weight is 525 g/mol. The molecule has 3 saturated heterocycles. The number of esters is 1. The minimum Gasteiger partial charge on any atom is -0.465 e. The van der Waals surface area contributed by atoms with Crippen molar-refractivity contribution in [3.05, 3.63) is 54.6 Å². The Kier molecular flexibility index (Phi) is 8.73. The molecule has 3 aliphatic rings. The fourth-order valence-electron chi connectivity index (χ4n) is 6.44. The second kappa shape index (κ2) is 11.8. The molecule has 3 heterocycles. The van der Waals surface area contributed by atoms with Crippen LogP contribution >= 0.6 is 0 Å². The predicted molar refractivity (Wildman–Crippen MR) is 144 cm³/mol. The zero-order chi connectivity index (χ0) is 27.4. The van der Waals surface area contributed by atoms with Crippen LogP contribution < -0.4 is 4.90 Å². The third-order valence-corrected chi connectivity index (χ3v) is 8.16. The number of likely N-dealkylation sites (tertiary alicyclic amines) is 1. The first-order chi connectivity index (χ1) is 18.3. The van der Waals surface area contributed by atoms with Crippen molar-refractivity contribution in [3.8, 4) is 0 Å². The van der Waals surface area contributed by atoms with Crippen LogP contribution in [0.25, 0.3) is 0 Å². The topological polar surface area (TPSA) is 96.4 Å². The highest BCUT2D eigenvalue weighted by molar-refractivity contribution is 6.05. The van der Waals surface area contributed by atoms with Crippen LogP contribution in [-0.4, -0.2) is 71.8 Å². The standard InChI is InChI=1S/C30H40N2O6/c1-5-7-18-37-29(36)24-23-13-14-30(38-23)25(24)27(34)32(16-9-8-10-17-33)26(30)28(35)31(15-6-2)22-19-20(3)11-12-21(22)4/h5-6,11-12,19,23-26,33H,1-2,7-10,13-18H2,3-4H3/t23-,24+,25-,26?,30?/m0/s1. The SMILES string of the molecule is C=CCCOC(=O)[C@@H]1[C@@H]2CCC3(O2)C(C(=O)N(CC=C)c2cc(C)ccc2C)N(CCCCCO)C(=O)[C@H]13. The molecule has 0 aliphatic carbocycles. The molecule has 0 aromatic heterocycles. The van der Waals surface area contributed by atoms with Crippen molar-refractivity contribution < 1.29 is 29.0 Å². The number of hydrogen-bond acceptors (Lipinski definition) is 6. The number of benzene rings is 1. The Morgan fingerprint density at radius 2 is 2.03 bits per heavy atom. The molecular weight excluding hydrogens is 484 g/mol. The summed E-state index contributed by atoms with van der Waals surface area (Å²) < 4.78 is 12.0. The molecule has 3 fully saturated rings. The summed E-state index contributed by atoms with van der Waals surface area (Å²) >= 11 is 0. The maximum absolute atomic E-state index is 14.5. The van der Waals surface area contributed by atoms with Gasteiger partial charge in [0.2, 0.25) is 5.91 Å². The zero-order valence-electron chi connectivity index (χ0n) is 22.6. The molecule has 3 aliphatic heterocycles. The Balaban J connectivity index is 1.72. The summed E-state index contributed by atoms with van der Waals surface area (Å²) in [5.41, 5.74) is 1.66. The van der Waals surface area contributed by atoms with Crippen molar-refractivity contribution in [3.63, 3.8) is 0 Å². The van der Waals surface area contributed by atoms with E-state index in [0.717, 1.165) is 23.2 Å². The molecule has 2 bridgehead atoms. The van der Waals surface area contributed by atoms with E-state index in [1.165, 1.54) is 0 Å². The van der Waals surface area contributed by atoms with E-state index in [1.807, 2.05) is 32.0 Å². The van der Waals surface area contributed by atoms with E-state index in [4.69, 9.17) is 9.47 Å². The van der Waals surface area contributed by atoms with Crippen LogP contribution in [0, 0.1) is 25.7 Å². The van der Waals surface area contributed by atoms with Crippen LogP contribution in [0.4, 0.5) is 5.69 Å². The molecule has 38 heavy (non-hydrogen) atoms. The van der Waals surface area contributed by atoms with E-state index < -0.39 is 35.6 Å². The second-order valence-corrected chi connectivity index (χ2v) is 10.6. The summed E-state index contributed by atoms with van der Waals surface area (Å²) in [4.78, 5) is 45.0. The van der Waals surface area contributed by atoms with Gasteiger partial charge in [0.15, 0.2) is 0 Å². The van der Waals surface area contributed by atoms with Gasteiger partial charge < -0.3 is 24.4 Å². The second-order valence-electron chi connectivity index (χ2n) is 10.6. The highest BCUT2D eigenvalue weighted by Gasteiger charge is 2.75. The number of amides is 2. The molecule has 8 nitrogen and oxygen atoms in total. The Morgan fingerprint density at radius 3 is 2.74 bits per heavy atom. The molecule has 1 spiro atoms. The molecular formula is C30H40N2O6. The number of rotatable bonds is 13. The van der Waals surface area contributed by atoms with Gasteiger partial charge in [0.1, 0.15) is 11.6 Å². The summed E-state index contributed by atoms with van der Waals surface area (Å²) in [6.07, 6.45) is 6.56. The predicted octanol–water partition coefficient (Wildman–Crippen LogP) is 3.48. The monoisotopic (exact) mass is 524 g/mol. The Labute approximate surface area is 225 Å². The Morgan fingerprint density at radius 1 is 1.24 bits per heavy atom. The molecule has 2 amide bonds. The van der Waals surface area contributed by atoms with Crippen LogP contribution in [0.1, 0.15) is 49.7 Å². The number of carbonyl (C=O) groups is 3. The van der Waals surface area contributed by atoms with Gasteiger partial charge in [-0.1, -0.05) is 24.3 Å². The van der Waals surface area contributed by atoms with Crippen LogP contribution in [0.15, 0.2) is 43.5 Å². The van der Waals surface area contributed by atoms with Crippen LogP contribution in [0.5, 0.6) is 0 Å². The largest absolute Gasteiger partial charge is 0.465 e. The number of aryl methyl sites for hydroxylation is 2. The van der Waals surface area contributed by atoms with Gasteiger partial charge in [-0.25, -0.2) is 0 Å². The lowest BCUT2D eigenvalue weighted by Crippen LogP contribution is -2.56. The molecule has 1 aromatic carbocycles. The molecule has 5 atom stereocenters. The van der Waals surface area contributed by atoms with E-state index >= 15 is 0 Å². The number of aliphatic hydroxyl groups excluding tert-OH is 1. The lowest BCUT2D eigenvalue weighted by Gasteiger charge is -2.37. The molecule has 1 N–H and O–H groups in total. The van der Waals surface area contributed by atoms with Gasteiger partial charge in [-0.05, 0) is 69.6 Å². The van der Waals surface area contributed by atoms with Gasteiger partial charge >= 0.3 is 5.97 Å². The first-order valence-corrected chi connectivity index (χ1v) is 13.7. The molecule has 8 heteroatoms. The summed E-state index contributed by atoms with van der Waals surface area (Å²) in [6, 6.07) is 5.10. The minimum atomic E-state index is -1.07.